The van der Waals surface area contributed by atoms with E-state index in [0.717, 1.165) is 24.6 Å². The van der Waals surface area contributed by atoms with Crippen LogP contribution in [0.2, 0.25) is 10.0 Å². The Bertz CT molecular complexity index is 620. The molecular formula is C16H20Cl2N4. The maximum Gasteiger partial charge on any atom is 0.148 e. The van der Waals surface area contributed by atoms with Crippen LogP contribution in [0.25, 0.3) is 5.69 Å². The van der Waals surface area contributed by atoms with E-state index in [0.29, 0.717) is 10.0 Å². The van der Waals surface area contributed by atoms with Crippen molar-refractivity contribution in [2.24, 2.45) is 0 Å². The standard InChI is InChI=1S/C16H20Cl2N4/c17-13-4-5-15(14(18)12-13)22-10-6-16(20-22)19-7-11-21-8-2-1-3-9-21/h4-6,10,12H,1-3,7-9,11H2,(H,19,20). The lowest BCUT2D eigenvalue weighted by atomic mass is 10.1. The lowest BCUT2D eigenvalue weighted by molar-refractivity contribution is 0.237. The number of rotatable bonds is 5. The van der Waals surface area contributed by atoms with Gasteiger partial charge in [0.2, 0.25) is 0 Å². The summed E-state index contributed by atoms with van der Waals surface area (Å²) in [4.78, 5) is 2.50. The molecule has 4 nitrogen and oxygen atoms in total. The van der Waals surface area contributed by atoms with Crippen LogP contribution in [-0.4, -0.2) is 40.9 Å². The molecule has 1 N–H and O–H groups in total. The molecule has 2 heterocycles. The molecule has 1 aliphatic rings. The van der Waals surface area contributed by atoms with Crippen LogP contribution >= 0.6 is 23.2 Å². The third-order valence-corrected chi connectivity index (χ3v) is 4.47. The summed E-state index contributed by atoms with van der Waals surface area (Å²) in [6.45, 7) is 4.41. The van der Waals surface area contributed by atoms with E-state index in [4.69, 9.17) is 23.2 Å². The van der Waals surface area contributed by atoms with Crippen molar-refractivity contribution in [3.05, 3.63) is 40.5 Å². The van der Waals surface area contributed by atoms with Gasteiger partial charge in [0.25, 0.3) is 0 Å². The van der Waals surface area contributed by atoms with Gasteiger partial charge in [-0.1, -0.05) is 29.6 Å². The van der Waals surface area contributed by atoms with E-state index in [-0.39, 0.29) is 0 Å². The first-order chi connectivity index (χ1) is 10.7. The van der Waals surface area contributed by atoms with E-state index in [2.05, 4.69) is 15.3 Å². The number of nitrogens with zero attached hydrogens (tertiary/aromatic N) is 3. The first-order valence-electron chi connectivity index (χ1n) is 7.70. The number of hydrogen-bond acceptors (Lipinski definition) is 3. The van der Waals surface area contributed by atoms with Gasteiger partial charge >= 0.3 is 0 Å². The van der Waals surface area contributed by atoms with Crippen molar-refractivity contribution < 1.29 is 0 Å². The van der Waals surface area contributed by atoms with E-state index >= 15 is 0 Å². The molecule has 6 heteroatoms. The molecule has 0 radical (unpaired) electrons. The first kappa shape index (κ1) is 15.7. The van der Waals surface area contributed by atoms with Gasteiger partial charge in [-0.3, -0.25) is 0 Å². The molecule has 0 saturated carbocycles. The second kappa shape index (κ2) is 7.36. The van der Waals surface area contributed by atoms with Gasteiger partial charge < -0.3 is 10.2 Å². The number of likely N-dealkylation sites (tertiary alicyclic amines) is 1. The second-order valence-electron chi connectivity index (χ2n) is 5.57. The van der Waals surface area contributed by atoms with Crippen LogP contribution in [0.1, 0.15) is 19.3 Å². The number of aromatic nitrogens is 2. The highest BCUT2D eigenvalue weighted by Crippen LogP contribution is 2.24. The number of nitrogens with one attached hydrogen (secondary N) is 1. The summed E-state index contributed by atoms with van der Waals surface area (Å²) in [5.74, 6) is 0.864. The largest absolute Gasteiger partial charge is 0.367 e. The smallest absolute Gasteiger partial charge is 0.148 e. The minimum atomic E-state index is 0.593. The van der Waals surface area contributed by atoms with Gasteiger partial charge in [-0.05, 0) is 44.1 Å². The molecule has 1 aliphatic heterocycles. The monoisotopic (exact) mass is 338 g/mol. The van der Waals surface area contributed by atoms with Crippen LogP contribution in [0.15, 0.2) is 30.5 Å². The molecule has 1 aromatic heterocycles. The zero-order valence-electron chi connectivity index (χ0n) is 12.4. The van der Waals surface area contributed by atoms with E-state index in [1.165, 1.54) is 32.4 Å². The number of halogens is 2. The lowest BCUT2D eigenvalue weighted by Crippen LogP contribution is -2.33. The van der Waals surface area contributed by atoms with Gasteiger partial charge in [-0.15, -0.1) is 0 Å². The zero-order valence-corrected chi connectivity index (χ0v) is 13.9. The Labute approximate surface area is 141 Å². The highest BCUT2D eigenvalue weighted by Gasteiger charge is 2.10. The summed E-state index contributed by atoms with van der Waals surface area (Å²) in [6.07, 6.45) is 5.92. The maximum absolute atomic E-state index is 6.21. The molecule has 2 aromatic rings. The number of anilines is 1. The summed E-state index contributed by atoms with van der Waals surface area (Å²) in [5, 5.41) is 9.10. The van der Waals surface area contributed by atoms with Crippen molar-refractivity contribution >= 4 is 29.0 Å². The quantitative estimate of drug-likeness (QED) is 0.891. The van der Waals surface area contributed by atoms with Crippen molar-refractivity contribution in [3.8, 4) is 5.69 Å². The van der Waals surface area contributed by atoms with E-state index in [9.17, 15) is 0 Å². The topological polar surface area (TPSA) is 33.1 Å². The molecule has 0 unspecified atom stereocenters. The molecule has 22 heavy (non-hydrogen) atoms. The molecule has 0 spiro atoms. The van der Waals surface area contributed by atoms with Crippen LogP contribution in [0.5, 0.6) is 0 Å². The summed E-state index contributed by atoms with van der Waals surface area (Å²) in [5.41, 5.74) is 0.829. The van der Waals surface area contributed by atoms with Gasteiger partial charge in [0.1, 0.15) is 5.82 Å². The fourth-order valence-corrected chi connectivity index (χ4v) is 3.24. The van der Waals surface area contributed by atoms with Gasteiger partial charge in [0.05, 0.1) is 10.7 Å². The molecule has 0 atom stereocenters. The van der Waals surface area contributed by atoms with Gasteiger partial charge in [-0.25, -0.2) is 4.68 Å². The Morgan fingerprint density at radius 2 is 1.91 bits per heavy atom. The Morgan fingerprint density at radius 3 is 2.68 bits per heavy atom. The van der Waals surface area contributed by atoms with Crippen LogP contribution in [0, 0.1) is 0 Å². The third kappa shape index (κ3) is 3.94. The third-order valence-electron chi connectivity index (χ3n) is 3.93. The summed E-state index contributed by atoms with van der Waals surface area (Å²) < 4.78 is 1.77. The predicted octanol–water partition coefficient (Wildman–Crippen LogP) is 4.08. The van der Waals surface area contributed by atoms with Crippen molar-refractivity contribution in [3.63, 3.8) is 0 Å². The highest BCUT2D eigenvalue weighted by atomic mass is 35.5. The Kier molecular flexibility index (Phi) is 5.24. The van der Waals surface area contributed by atoms with Crippen molar-refractivity contribution in [1.82, 2.24) is 14.7 Å². The van der Waals surface area contributed by atoms with Gasteiger partial charge in [0, 0.05) is 30.4 Å². The molecular weight excluding hydrogens is 319 g/mol. The van der Waals surface area contributed by atoms with Crippen molar-refractivity contribution in [2.45, 2.75) is 19.3 Å². The predicted molar refractivity (Wildman–Crippen MR) is 92.4 cm³/mol. The average Bonchev–Trinajstić information content (AvgIpc) is 2.97. The fourth-order valence-electron chi connectivity index (χ4n) is 2.74. The Balaban J connectivity index is 1.56. The zero-order chi connectivity index (χ0) is 15.4. The number of hydrogen-bond donors (Lipinski definition) is 1. The highest BCUT2D eigenvalue weighted by molar-refractivity contribution is 6.35. The minimum Gasteiger partial charge on any atom is -0.367 e. The molecule has 1 fully saturated rings. The average molecular weight is 339 g/mol. The second-order valence-corrected chi connectivity index (χ2v) is 6.41. The number of piperidine rings is 1. The molecule has 0 bridgehead atoms. The molecule has 1 aromatic carbocycles. The van der Waals surface area contributed by atoms with Gasteiger partial charge in [-0.2, -0.15) is 5.10 Å². The molecule has 3 rings (SSSR count). The number of benzene rings is 1. The van der Waals surface area contributed by atoms with Gasteiger partial charge in [0.15, 0.2) is 0 Å². The van der Waals surface area contributed by atoms with E-state index in [1.807, 2.05) is 24.4 Å². The Hall–Kier alpha value is -1.23. The van der Waals surface area contributed by atoms with Crippen LogP contribution < -0.4 is 5.32 Å². The molecule has 0 amide bonds. The first-order valence-corrected chi connectivity index (χ1v) is 8.45. The summed E-state index contributed by atoms with van der Waals surface area (Å²) in [7, 11) is 0. The van der Waals surface area contributed by atoms with Crippen molar-refractivity contribution in [1.29, 1.82) is 0 Å². The molecule has 1 saturated heterocycles. The van der Waals surface area contributed by atoms with E-state index in [1.54, 1.807) is 10.7 Å². The summed E-state index contributed by atoms with van der Waals surface area (Å²) >= 11 is 12.1. The minimum absolute atomic E-state index is 0.593. The maximum atomic E-state index is 6.21. The fraction of sp³-hybridized carbons (Fsp3) is 0.438. The Morgan fingerprint density at radius 1 is 1.09 bits per heavy atom. The van der Waals surface area contributed by atoms with E-state index < -0.39 is 0 Å². The van der Waals surface area contributed by atoms with Crippen molar-refractivity contribution in [2.75, 3.05) is 31.5 Å². The SMILES string of the molecule is Clc1ccc(-n2ccc(NCCN3CCCCC3)n2)c(Cl)c1. The normalized spacial score (nSPS) is 15.9. The molecule has 0 aliphatic carbocycles. The van der Waals surface area contributed by atoms with Crippen LogP contribution in [0.4, 0.5) is 5.82 Å². The molecule has 118 valence electrons. The van der Waals surface area contributed by atoms with Crippen LogP contribution in [0.3, 0.4) is 0 Å². The van der Waals surface area contributed by atoms with Crippen LogP contribution in [-0.2, 0) is 0 Å². The summed E-state index contributed by atoms with van der Waals surface area (Å²) in [6, 6.07) is 7.37. The lowest BCUT2D eigenvalue weighted by Gasteiger charge is -2.26.